The van der Waals surface area contributed by atoms with Crippen LogP contribution in [0.4, 0.5) is 4.79 Å². The molecule has 1 saturated carbocycles. The summed E-state index contributed by atoms with van der Waals surface area (Å²) < 4.78 is 0. The number of carbonyl (C=O) groups excluding carboxylic acids is 1. The minimum Gasteiger partial charge on any atom is -0.480 e. The molecule has 1 aliphatic heterocycles. The number of carbonyl (C=O) groups is 2. The Morgan fingerprint density at radius 1 is 1.20 bits per heavy atom. The first kappa shape index (κ1) is 15.1. The van der Waals surface area contributed by atoms with Crippen LogP contribution in [0.2, 0.25) is 0 Å². The van der Waals surface area contributed by atoms with Gasteiger partial charge < -0.3 is 15.3 Å². The van der Waals surface area contributed by atoms with E-state index in [0.29, 0.717) is 0 Å². The van der Waals surface area contributed by atoms with Crippen LogP contribution in [0, 0.1) is 5.92 Å². The summed E-state index contributed by atoms with van der Waals surface area (Å²) in [5.41, 5.74) is -0.167. The van der Waals surface area contributed by atoms with Gasteiger partial charge >= 0.3 is 12.0 Å². The van der Waals surface area contributed by atoms with Crippen molar-refractivity contribution in [1.29, 1.82) is 0 Å². The fourth-order valence-electron chi connectivity index (χ4n) is 3.54. The molecule has 5 nitrogen and oxygen atoms in total. The first-order valence-electron chi connectivity index (χ1n) is 7.73. The van der Waals surface area contributed by atoms with Gasteiger partial charge in [-0.15, -0.1) is 0 Å². The molecule has 0 aromatic heterocycles. The molecule has 1 aliphatic carbocycles. The van der Waals surface area contributed by atoms with Gasteiger partial charge in [0.05, 0.1) is 0 Å². The van der Waals surface area contributed by atoms with Gasteiger partial charge in [0.15, 0.2) is 0 Å². The summed E-state index contributed by atoms with van der Waals surface area (Å²) in [6, 6.07) is -0.954. The zero-order valence-corrected chi connectivity index (χ0v) is 12.5. The SMILES string of the molecule is CC1(C)CCCN1C(=O)NC(C(=O)O)C1CCCCC1. The second kappa shape index (κ2) is 6.02. The molecule has 5 heteroatoms. The Morgan fingerprint density at radius 3 is 2.35 bits per heavy atom. The third-order valence-corrected chi connectivity index (χ3v) is 4.81. The van der Waals surface area contributed by atoms with Crippen molar-refractivity contribution in [3.63, 3.8) is 0 Å². The van der Waals surface area contributed by atoms with Crippen LogP contribution in [-0.2, 0) is 4.79 Å². The number of carboxylic acids is 1. The van der Waals surface area contributed by atoms with Crippen LogP contribution in [0.5, 0.6) is 0 Å². The minimum atomic E-state index is -0.901. The largest absolute Gasteiger partial charge is 0.480 e. The maximum atomic E-state index is 12.4. The van der Waals surface area contributed by atoms with Crippen molar-refractivity contribution >= 4 is 12.0 Å². The zero-order valence-electron chi connectivity index (χ0n) is 12.5. The van der Waals surface area contributed by atoms with Gasteiger partial charge in [0, 0.05) is 12.1 Å². The zero-order chi connectivity index (χ0) is 14.8. The molecule has 0 radical (unpaired) electrons. The Kier molecular flexibility index (Phi) is 4.55. The first-order valence-corrected chi connectivity index (χ1v) is 7.73. The van der Waals surface area contributed by atoms with E-state index in [-0.39, 0.29) is 17.5 Å². The number of carboxylic acid groups (broad SMARTS) is 1. The number of nitrogens with zero attached hydrogens (tertiary/aromatic N) is 1. The van der Waals surface area contributed by atoms with Crippen LogP contribution in [0.3, 0.4) is 0 Å². The predicted octanol–water partition coefficient (Wildman–Crippen LogP) is 2.60. The number of rotatable bonds is 3. The molecule has 2 amide bonds. The second-order valence-electron chi connectivity index (χ2n) is 6.73. The van der Waals surface area contributed by atoms with Gasteiger partial charge in [-0.25, -0.2) is 9.59 Å². The number of hydrogen-bond donors (Lipinski definition) is 2. The first-order chi connectivity index (χ1) is 9.42. The van der Waals surface area contributed by atoms with Crippen molar-refractivity contribution in [3.05, 3.63) is 0 Å². The molecule has 0 aromatic rings. The third kappa shape index (κ3) is 3.25. The molecule has 20 heavy (non-hydrogen) atoms. The molecule has 2 fully saturated rings. The summed E-state index contributed by atoms with van der Waals surface area (Å²) in [5, 5.41) is 12.2. The van der Waals surface area contributed by atoms with E-state index < -0.39 is 12.0 Å². The van der Waals surface area contributed by atoms with Crippen molar-refractivity contribution in [2.75, 3.05) is 6.54 Å². The number of urea groups is 1. The van der Waals surface area contributed by atoms with Crippen LogP contribution >= 0.6 is 0 Å². The van der Waals surface area contributed by atoms with E-state index in [4.69, 9.17) is 0 Å². The normalized spacial score (nSPS) is 24.4. The summed E-state index contributed by atoms with van der Waals surface area (Å²) in [5.74, 6) is -0.821. The molecule has 1 unspecified atom stereocenters. The number of aliphatic carboxylic acids is 1. The molecule has 2 N–H and O–H groups in total. The van der Waals surface area contributed by atoms with E-state index in [1.807, 2.05) is 13.8 Å². The number of hydrogen-bond acceptors (Lipinski definition) is 2. The van der Waals surface area contributed by atoms with Crippen LogP contribution in [0.1, 0.15) is 58.8 Å². The van der Waals surface area contributed by atoms with Crippen molar-refractivity contribution in [1.82, 2.24) is 10.2 Å². The molecular formula is C15H26N2O3. The summed E-state index contributed by atoms with van der Waals surface area (Å²) >= 11 is 0. The quantitative estimate of drug-likeness (QED) is 0.836. The average Bonchev–Trinajstić information content (AvgIpc) is 2.76. The predicted molar refractivity (Wildman–Crippen MR) is 76.5 cm³/mol. The van der Waals surface area contributed by atoms with E-state index in [9.17, 15) is 14.7 Å². The fraction of sp³-hybridized carbons (Fsp3) is 0.867. The minimum absolute atomic E-state index is 0.0796. The van der Waals surface area contributed by atoms with Crippen molar-refractivity contribution in [2.24, 2.45) is 5.92 Å². The van der Waals surface area contributed by atoms with Gasteiger partial charge in [-0.1, -0.05) is 19.3 Å². The lowest BCUT2D eigenvalue weighted by Crippen LogP contribution is -2.54. The second-order valence-corrected chi connectivity index (χ2v) is 6.73. The lowest BCUT2D eigenvalue weighted by molar-refractivity contribution is -0.141. The molecule has 0 aromatic carbocycles. The standard InChI is InChI=1S/C15H26N2O3/c1-15(2)9-6-10-17(15)14(20)16-12(13(18)19)11-7-4-3-5-8-11/h11-12H,3-10H2,1-2H3,(H,16,20)(H,18,19). The topological polar surface area (TPSA) is 69.6 Å². The lowest BCUT2D eigenvalue weighted by atomic mass is 9.84. The van der Waals surface area contributed by atoms with E-state index in [1.165, 1.54) is 6.42 Å². The average molecular weight is 282 g/mol. The monoisotopic (exact) mass is 282 g/mol. The molecule has 2 aliphatic rings. The molecule has 2 rings (SSSR count). The summed E-state index contributed by atoms with van der Waals surface area (Å²) in [4.78, 5) is 25.6. The fourth-order valence-corrected chi connectivity index (χ4v) is 3.54. The summed E-state index contributed by atoms with van der Waals surface area (Å²) in [7, 11) is 0. The maximum absolute atomic E-state index is 12.4. The van der Waals surface area contributed by atoms with Gasteiger partial charge in [0.25, 0.3) is 0 Å². The van der Waals surface area contributed by atoms with Crippen LogP contribution in [0.25, 0.3) is 0 Å². The Balaban J connectivity index is 2.00. The Morgan fingerprint density at radius 2 is 1.85 bits per heavy atom. The van der Waals surface area contributed by atoms with E-state index >= 15 is 0 Å². The lowest BCUT2D eigenvalue weighted by Gasteiger charge is -2.34. The molecule has 1 heterocycles. The van der Waals surface area contributed by atoms with Crippen molar-refractivity contribution in [3.8, 4) is 0 Å². The van der Waals surface area contributed by atoms with Crippen LogP contribution < -0.4 is 5.32 Å². The molecule has 0 spiro atoms. The highest BCUT2D eigenvalue weighted by Gasteiger charge is 2.38. The maximum Gasteiger partial charge on any atom is 0.326 e. The summed E-state index contributed by atoms with van der Waals surface area (Å²) in [6.07, 6.45) is 7.08. The Hall–Kier alpha value is -1.26. The van der Waals surface area contributed by atoms with E-state index in [0.717, 1.165) is 45.1 Å². The van der Waals surface area contributed by atoms with E-state index in [1.54, 1.807) is 4.90 Å². The number of nitrogens with one attached hydrogen (secondary N) is 1. The van der Waals surface area contributed by atoms with E-state index in [2.05, 4.69) is 5.32 Å². The van der Waals surface area contributed by atoms with Crippen LogP contribution in [-0.4, -0.2) is 40.1 Å². The Labute approximate surface area is 120 Å². The van der Waals surface area contributed by atoms with Crippen molar-refractivity contribution in [2.45, 2.75) is 70.4 Å². The van der Waals surface area contributed by atoms with Gasteiger partial charge in [0.2, 0.25) is 0 Å². The summed E-state index contributed by atoms with van der Waals surface area (Å²) in [6.45, 7) is 4.79. The molecule has 114 valence electrons. The van der Waals surface area contributed by atoms with Gasteiger partial charge in [-0.3, -0.25) is 0 Å². The smallest absolute Gasteiger partial charge is 0.326 e. The number of likely N-dealkylation sites (tertiary alicyclic amines) is 1. The Bertz CT molecular complexity index is 375. The highest BCUT2D eigenvalue weighted by molar-refractivity contribution is 5.83. The number of amides is 2. The van der Waals surface area contributed by atoms with Crippen LogP contribution in [0.15, 0.2) is 0 Å². The highest BCUT2D eigenvalue weighted by Crippen LogP contribution is 2.30. The van der Waals surface area contributed by atoms with Gasteiger partial charge in [-0.05, 0) is 45.4 Å². The molecule has 1 atom stereocenters. The van der Waals surface area contributed by atoms with Crippen molar-refractivity contribution < 1.29 is 14.7 Å². The van der Waals surface area contributed by atoms with Gasteiger partial charge in [-0.2, -0.15) is 0 Å². The molecular weight excluding hydrogens is 256 g/mol. The van der Waals surface area contributed by atoms with Gasteiger partial charge in [0.1, 0.15) is 6.04 Å². The molecule has 1 saturated heterocycles. The molecule has 0 bridgehead atoms. The third-order valence-electron chi connectivity index (χ3n) is 4.81. The highest BCUT2D eigenvalue weighted by atomic mass is 16.4.